The van der Waals surface area contributed by atoms with Crippen molar-refractivity contribution in [3.05, 3.63) is 35.9 Å². The first-order valence-electron chi connectivity index (χ1n) is 9.80. The number of hydrogen-bond donors (Lipinski definition) is 1. The normalized spacial score (nSPS) is 14.0. The summed E-state index contributed by atoms with van der Waals surface area (Å²) < 4.78 is 21.9. The summed E-state index contributed by atoms with van der Waals surface area (Å²) in [5.41, 5.74) is -0.189. The van der Waals surface area contributed by atoms with Gasteiger partial charge in [-0.25, -0.2) is 9.59 Å². The molecule has 0 aromatic heterocycles. The quantitative estimate of drug-likeness (QED) is 0.624. The first-order chi connectivity index (χ1) is 13.4. The molecule has 0 saturated heterocycles. The van der Waals surface area contributed by atoms with E-state index in [-0.39, 0.29) is 19.3 Å². The van der Waals surface area contributed by atoms with E-state index in [0.717, 1.165) is 5.56 Å². The molecule has 1 aromatic rings. The molecule has 164 valence electrons. The second-order valence-electron chi connectivity index (χ2n) is 8.86. The lowest BCUT2D eigenvalue weighted by Crippen LogP contribution is -2.48. The van der Waals surface area contributed by atoms with Gasteiger partial charge in [-0.2, -0.15) is 0 Å². The van der Waals surface area contributed by atoms with E-state index >= 15 is 0 Å². The highest BCUT2D eigenvalue weighted by molar-refractivity contribution is 5.71. The monoisotopic (exact) mass is 409 g/mol. The number of esters is 1. The third-order valence-corrected chi connectivity index (χ3v) is 3.56. The zero-order chi connectivity index (χ0) is 22.1. The average Bonchev–Trinajstić information content (AvgIpc) is 2.56. The Bertz CT molecular complexity index is 633. The van der Waals surface area contributed by atoms with Gasteiger partial charge in [-0.15, -0.1) is 0 Å². The number of ether oxygens (including phenoxy) is 4. The number of rotatable bonds is 9. The van der Waals surface area contributed by atoms with Crippen molar-refractivity contribution < 1.29 is 28.5 Å². The standard InChI is InChI=1S/C22H35NO6/c1-16(27-13-17-11-9-8-10-12-17)18(23-20(25)29-22(5,6)7)14-26-15-19(24)28-21(2,3)4/h8-12,16,18H,13-15H2,1-7H3,(H,23,25)/t16-,18-/m1/s1. The fraction of sp³-hybridized carbons (Fsp3) is 0.636. The molecule has 1 rings (SSSR count). The van der Waals surface area contributed by atoms with Crippen LogP contribution in [0.15, 0.2) is 30.3 Å². The van der Waals surface area contributed by atoms with Crippen molar-refractivity contribution in [1.82, 2.24) is 5.32 Å². The molecule has 0 radical (unpaired) electrons. The molecule has 0 spiro atoms. The topological polar surface area (TPSA) is 83.1 Å². The summed E-state index contributed by atoms with van der Waals surface area (Å²) >= 11 is 0. The van der Waals surface area contributed by atoms with E-state index < -0.39 is 29.3 Å². The largest absolute Gasteiger partial charge is 0.458 e. The maximum Gasteiger partial charge on any atom is 0.408 e. The van der Waals surface area contributed by atoms with E-state index in [0.29, 0.717) is 6.61 Å². The van der Waals surface area contributed by atoms with Crippen LogP contribution in [0.3, 0.4) is 0 Å². The van der Waals surface area contributed by atoms with Crippen LogP contribution in [-0.2, 0) is 30.3 Å². The van der Waals surface area contributed by atoms with E-state index in [4.69, 9.17) is 18.9 Å². The zero-order valence-electron chi connectivity index (χ0n) is 18.6. The van der Waals surface area contributed by atoms with Crippen LogP contribution < -0.4 is 5.32 Å². The molecule has 0 aliphatic heterocycles. The second-order valence-corrected chi connectivity index (χ2v) is 8.86. The summed E-state index contributed by atoms with van der Waals surface area (Å²) in [5, 5.41) is 2.77. The van der Waals surface area contributed by atoms with E-state index in [1.54, 1.807) is 41.5 Å². The van der Waals surface area contributed by atoms with Crippen LogP contribution in [0.1, 0.15) is 54.0 Å². The van der Waals surface area contributed by atoms with E-state index in [9.17, 15) is 9.59 Å². The Morgan fingerprint density at radius 2 is 1.55 bits per heavy atom. The highest BCUT2D eigenvalue weighted by Gasteiger charge is 2.25. The summed E-state index contributed by atoms with van der Waals surface area (Å²) in [5.74, 6) is -0.466. The van der Waals surface area contributed by atoms with Crippen molar-refractivity contribution in [3.63, 3.8) is 0 Å². The fourth-order valence-corrected chi connectivity index (χ4v) is 2.31. The first kappa shape index (κ1) is 24.9. The Morgan fingerprint density at radius 3 is 2.10 bits per heavy atom. The molecule has 0 fully saturated rings. The Hall–Kier alpha value is -2.12. The first-order valence-corrected chi connectivity index (χ1v) is 9.80. The highest BCUT2D eigenvalue weighted by atomic mass is 16.6. The minimum absolute atomic E-state index is 0.0778. The second kappa shape index (κ2) is 11.2. The van der Waals surface area contributed by atoms with Gasteiger partial charge < -0.3 is 24.3 Å². The lowest BCUT2D eigenvalue weighted by molar-refractivity contribution is -0.160. The molecule has 7 nitrogen and oxygen atoms in total. The van der Waals surface area contributed by atoms with Gasteiger partial charge in [0.25, 0.3) is 0 Å². The van der Waals surface area contributed by atoms with Gasteiger partial charge in [0.2, 0.25) is 0 Å². The van der Waals surface area contributed by atoms with Crippen LogP contribution in [0.25, 0.3) is 0 Å². The molecule has 1 amide bonds. The van der Waals surface area contributed by atoms with Crippen molar-refractivity contribution in [2.24, 2.45) is 0 Å². The number of nitrogens with one attached hydrogen (secondary N) is 1. The summed E-state index contributed by atoms with van der Waals surface area (Å²) in [7, 11) is 0. The molecule has 2 atom stereocenters. The number of amides is 1. The van der Waals surface area contributed by atoms with Gasteiger partial charge in [0, 0.05) is 0 Å². The Kier molecular flexibility index (Phi) is 9.59. The van der Waals surface area contributed by atoms with E-state index in [2.05, 4.69) is 5.32 Å². The Morgan fingerprint density at radius 1 is 0.966 bits per heavy atom. The van der Waals surface area contributed by atoms with Crippen LogP contribution in [0, 0.1) is 0 Å². The summed E-state index contributed by atoms with van der Waals surface area (Å²) in [6, 6.07) is 9.22. The van der Waals surface area contributed by atoms with Crippen LogP contribution in [-0.4, -0.2) is 48.6 Å². The third kappa shape index (κ3) is 12.1. The molecule has 1 aromatic carbocycles. The summed E-state index contributed by atoms with van der Waals surface area (Å²) in [4.78, 5) is 24.0. The van der Waals surface area contributed by atoms with Gasteiger partial charge in [-0.3, -0.25) is 0 Å². The van der Waals surface area contributed by atoms with Crippen molar-refractivity contribution in [2.45, 2.75) is 78.4 Å². The Balaban J connectivity index is 2.64. The number of carbonyl (C=O) groups excluding carboxylic acids is 2. The summed E-state index contributed by atoms with van der Waals surface area (Å²) in [6.07, 6.45) is -0.945. The molecule has 0 bridgehead atoms. The zero-order valence-corrected chi connectivity index (χ0v) is 18.6. The minimum atomic E-state index is -0.625. The Labute approximate surface area is 174 Å². The molecular weight excluding hydrogens is 374 g/mol. The van der Waals surface area contributed by atoms with Crippen LogP contribution in [0.4, 0.5) is 4.79 Å². The molecule has 0 heterocycles. The van der Waals surface area contributed by atoms with Gasteiger partial charge in [-0.05, 0) is 54.0 Å². The molecule has 0 unspecified atom stereocenters. The van der Waals surface area contributed by atoms with Crippen molar-refractivity contribution in [3.8, 4) is 0 Å². The highest BCUT2D eigenvalue weighted by Crippen LogP contribution is 2.11. The van der Waals surface area contributed by atoms with Gasteiger partial charge in [0.05, 0.1) is 25.4 Å². The van der Waals surface area contributed by atoms with Crippen molar-refractivity contribution in [2.75, 3.05) is 13.2 Å². The lowest BCUT2D eigenvalue weighted by Gasteiger charge is -2.27. The number of benzene rings is 1. The maximum atomic E-state index is 12.2. The molecule has 0 aliphatic rings. The SMILES string of the molecule is C[C@@H](OCc1ccccc1)[C@@H](COCC(=O)OC(C)(C)C)NC(=O)OC(C)(C)C. The minimum Gasteiger partial charge on any atom is -0.458 e. The van der Waals surface area contributed by atoms with Crippen molar-refractivity contribution >= 4 is 12.1 Å². The van der Waals surface area contributed by atoms with Gasteiger partial charge in [0.15, 0.2) is 0 Å². The third-order valence-electron chi connectivity index (χ3n) is 3.56. The van der Waals surface area contributed by atoms with Crippen LogP contribution >= 0.6 is 0 Å². The summed E-state index contributed by atoms with van der Waals surface area (Å²) in [6.45, 7) is 12.8. The predicted octanol–water partition coefficient (Wildman–Crippen LogP) is 3.84. The molecule has 0 aliphatic carbocycles. The number of carbonyl (C=O) groups is 2. The maximum absolute atomic E-state index is 12.2. The van der Waals surface area contributed by atoms with Crippen LogP contribution in [0.5, 0.6) is 0 Å². The molecular formula is C22H35NO6. The van der Waals surface area contributed by atoms with Gasteiger partial charge in [0.1, 0.15) is 17.8 Å². The molecule has 7 heteroatoms. The average molecular weight is 410 g/mol. The van der Waals surface area contributed by atoms with Crippen LogP contribution in [0.2, 0.25) is 0 Å². The van der Waals surface area contributed by atoms with Crippen molar-refractivity contribution in [1.29, 1.82) is 0 Å². The van der Waals surface area contributed by atoms with E-state index in [1.807, 2.05) is 37.3 Å². The van der Waals surface area contributed by atoms with E-state index in [1.165, 1.54) is 0 Å². The smallest absolute Gasteiger partial charge is 0.408 e. The number of hydrogen-bond acceptors (Lipinski definition) is 6. The van der Waals surface area contributed by atoms with Gasteiger partial charge in [-0.1, -0.05) is 30.3 Å². The van der Waals surface area contributed by atoms with Gasteiger partial charge >= 0.3 is 12.1 Å². The molecule has 1 N–H and O–H groups in total. The fourth-order valence-electron chi connectivity index (χ4n) is 2.31. The predicted molar refractivity (Wildman–Crippen MR) is 111 cm³/mol. The lowest BCUT2D eigenvalue weighted by atomic mass is 10.2. The molecule has 0 saturated carbocycles. The number of alkyl carbamates (subject to hydrolysis) is 1. The molecule has 29 heavy (non-hydrogen) atoms.